The van der Waals surface area contributed by atoms with Crippen LogP contribution >= 0.6 is 27.3 Å². The summed E-state index contributed by atoms with van der Waals surface area (Å²) < 4.78 is 0.948. The van der Waals surface area contributed by atoms with E-state index < -0.39 is 0 Å². The number of Topliss-reactive ketones (excluding diaryl/α,β-unsaturated/α-hetero) is 1. The molecule has 1 aliphatic carbocycles. The molecule has 3 rings (SSSR count). The zero-order valence-electron chi connectivity index (χ0n) is 9.62. The largest absolute Gasteiger partial charge is 0.304 e. The van der Waals surface area contributed by atoms with Crippen LogP contribution in [0.1, 0.15) is 42.5 Å². The molecule has 0 radical (unpaired) electrons. The molecule has 1 saturated heterocycles. The average Bonchev–Trinajstić information content (AvgIpc) is 2.93. The Hall–Kier alpha value is -0.190. The van der Waals surface area contributed by atoms with Crippen LogP contribution in [0.3, 0.4) is 0 Å². The van der Waals surface area contributed by atoms with E-state index in [0.29, 0.717) is 6.04 Å². The third-order valence-corrected chi connectivity index (χ3v) is 5.76. The van der Waals surface area contributed by atoms with Crippen LogP contribution in [-0.4, -0.2) is 17.9 Å². The van der Waals surface area contributed by atoms with Crippen molar-refractivity contribution in [2.24, 2.45) is 5.92 Å². The van der Waals surface area contributed by atoms with Crippen molar-refractivity contribution in [2.75, 3.05) is 0 Å². The lowest BCUT2D eigenvalue weighted by atomic mass is 9.84. The van der Waals surface area contributed by atoms with Crippen LogP contribution in [0.15, 0.2) is 15.2 Å². The highest BCUT2D eigenvalue weighted by Crippen LogP contribution is 2.35. The number of carbonyl (C=O) groups excluding carboxylic acids is 1. The minimum atomic E-state index is 0.0500. The highest BCUT2D eigenvalue weighted by molar-refractivity contribution is 9.10. The molecule has 0 spiro atoms. The first-order chi connectivity index (χ1) is 8.25. The molecular formula is C13H16BrNOS. The SMILES string of the molecule is O=C(c1cscc1Br)C1CC2CCCCC2N1. The first-order valence-corrected chi connectivity index (χ1v) is 8.01. The zero-order valence-corrected chi connectivity index (χ0v) is 12.0. The predicted molar refractivity (Wildman–Crippen MR) is 73.6 cm³/mol. The molecule has 0 aromatic carbocycles. The van der Waals surface area contributed by atoms with E-state index in [4.69, 9.17) is 0 Å². The fraction of sp³-hybridized carbons (Fsp3) is 0.615. The van der Waals surface area contributed by atoms with Gasteiger partial charge in [0.15, 0.2) is 5.78 Å². The second-order valence-corrected chi connectivity index (χ2v) is 6.70. The Kier molecular flexibility index (Phi) is 3.37. The van der Waals surface area contributed by atoms with E-state index in [1.165, 1.54) is 25.7 Å². The first-order valence-electron chi connectivity index (χ1n) is 6.27. The van der Waals surface area contributed by atoms with Crippen LogP contribution in [0.25, 0.3) is 0 Å². The topological polar surface area (TPSA) is 29.1 Å². The molecule has 1 N–H and O–H groups in total. The van der Waals surface area contributed by atoms with E-state index in [1.54, 1.807) is 11.3 Å². The summed E-state index contributed by atoms with van der Waals surface area (Å²) in [5.74, 6) is 1.00. The van der Waals surface area contributed by atoms with E-state index >= 15 is 0 Å². The van der Waals surface area contributed by atoms with Crippen molar-refractivity contribution in [2.45, 2.75) is 44.2 Å². The maximum atomic E-state index is 12.4. The lowest BCUT2D eigenvalue weighted by Gasteiger charge is -2.24. The van der Waals surface area contributed by atoms with Crippen molar-refractivity contribution in [3.63, 3.8) is 0 Å². The van der Waals surface area contributed by atoms with Crippen molar-refractivity contribution >= 4 is 33.0 Å². The Balaban J connectivity index is 1.74. The maximum absolute atomic E-state index is 12.4. The summed E-state index contributed by atoms with van der Waals surface area (Å²) in [7, 11) is 0. The molecule has 4 heteroatoms. The Labute approximate surface area is 114 Å². The van der Waals surface area contributed by atoms with Crippen molar-refractivity contribution in [3.8, 4) is 0 Å². The van der Waals surface area contributed by atoms with Gasteiger partial charge in [0.25, 0.3) is 0 Å². The summed E-state index contributed by atoms with van der Waals surface area (Å²) in [6, 6.07) is 0.643. The quantitative estimate of drug-likeness (QED) is 0.845. The van der Waals surface area contributed by atoms with Gasteiger partial charge in [-0.3, -0.25) is 4.79 Å². The minimum absolute atomic E-state index is 0.0500. The summed E-state index contributed by atoms with van der Waals surface area (Å²) in [5.41, 5.74) is 0.853. The highest BCUT2D eigenvalue weighted by atomic mass is 79.9. The Morgan fingerprint density at radius 3 is 2.88 bits per heavy atom. The lowest BCUT2D eigenvalue weighted by molar-refractivity contribution is 0.0949. The number of ketones is 1. The molecule has 1 aromatic heterocycles. The van der Waals surface area contributed by atoms with Gasteiger partial charge in [0.2, 0.25) is 0 Å². The molecule has 92 valence electrons. The van der Waals surface area contributed by atoms with E-state index in [9.17, 15) is 4.79 Å². The van der Waals surface area contributed by atoms with Gasteiger partial charge in [0, 0.05) is 26.8 Å². The number of hydrogen-bond acceptors (Lipinski definition) is 3. The number of thiophene rings is 1. The molecule has 2 heterocycles. The van der Waals surface area contributed by atoms with E-state index in [2.05, 4.69) is 21.2 Å². The molecule has 3 atom stereocenters. The van der Waals surface area contributed by atoms with Crippen LogP contribution in [0.5, 0.6) is 0 Å². The van der Waals surface area contributed by atoms with Crippen molar-refractivity contribution in [1.29, 1.82) is 0 Å². The second kappa shape index (κ2) is 4.82. The Bertz CT molecular complexity index is 417. The Morgan fingerprint density at radius 2 is 2.18 bits per heavy atom. The molecule has 17 heavy (non-hydrogen) atoms. The number of rotatable bonds is 2. The number of halogens is 1. The summed E-state index contributed by atoms with van der Waals surface area (Å²) in [5, 5.41) is 7.48. The lowest BCUT2D eigenvalue weighted by Crippen LogP contribution is -2.37. The number of carbonyl (C=O) groups is 1. The van der Waals surface area contributed by atoms with Gasteiger partial charge in [0.05, 0.1) is 6.04 Å². The van der Waals surface area contributed by atoms with Gasteiger partial charge in [-0.2, -0.15) is 11.3 Å². The van der Waals surface area contributed by atoms with Gasteiger partial charge in [-0.25, -0.2) is 0 Å². The molecule has 2 fully saturated rings. The molecule has 1 aromatic rings. The smallest absolute Gasteiger partial charge is 0.181 e. The van der Waals surface area contributed by atoms with Gasteiger partial charge in [0.1, 0.15) is 0 Å². The highest BCUT2D eigenvalue weighted by Gasteiger charge is 2.38. The molecule has 3 unspecified atom stereocenters. The second-order valence-electron chi connectivity index (χ2n) is 5.10. The number of hydrogen-bond donors (Lipinski definition) is 1. The van der Waals surface area contributed by atoms with Gasteiger partial charge < -0.3 is 5.32 Å². The first kappa shape index (κ1) is 11.9. The molecule has 1 aliphatic heterocycles. The third kappa shape index (κ3) is 2.23. The van der Waals surface area contributed by atoms with Crippen molar-refractivity contribution in [3.05, 3.63) is 20.8 Å². The van der Waals surface area contributed by atoms with Gasteiger partial charge in [-0.05, 0) is 41.1 Å². The summed E-state index contributed by atoms with van der Waals surface area (Å²) in [6.07, 6.45) is 6.24. The van der Waals surface area contributed by atoms with Crippen LogP contribution in [-0.2, 0) is 0 Å². The van der Waals surface area contributed by atoms with Gasteiger partial charge in [-0.1, -0.05) is 12.8 Å². The Morgan fingerprint density at radius 1 is 1.35 bits per heavy atom. The summed E-state index contributed by atoms with van der Waals surface area (Å²) in [4.78, 5) is 12.4. The van der Waals surface area contributed by atoms with Crippen molar-refractivity contribution < 1.29 is 4.79 Å². The normalized spacial score (nSPS) is 32.4. The van der Waals surface area contributed by atoms with Crippen LogP contribution < -0.4 is 5.32 Å². The molecule has 0 amide bonds. The van der Waals surface area contributed by atoms with E-state index in [-0.39, 0.29) is 11.8 Å². The minimum Gasteiger partial charge on any atom is -0.304 e. The fourth-order valence-corrected chi connectivity index (χ4v) is 4.64. The molecule has 1 saturated carbocycles. The van der Waals surface area contributed by atoms with Gasteiger partial charge >= 0.3 is 0 Å². The summed E-state index contributed by atoms with van der Waals surface area (Å²) >= 11 is 5.04. The average molecular weight is 314 g/mol. The fourth-order valence-electron chi connectivity index (χ4n) is 3.17. The van der Waals surface area contributed by atoms with Crippen LogP contribution in [0.4, 0.5) is 0 Å². The van der Waals surface area contributed by atoms with Crippen molar-refractivity contribution in [1.82, 2.24) is 5.32 Å². The van der Waals surface area contributed by atoms with Gasteiger partial charge in [-0.15, -0.1) is 0 Å². The third-order valence-electron chi connectivity index (χ3n) is 4.06. The standard InChI is InChI=1S/C13H16BrNOS/c14-10-7-17-6-9(10)13(16)12-5-8-3-1-2-4-11(8)15-12/h6-8,11-12,15H,1-5H2. The molecule has 2 nitrogen and oxygen atoms in total. The van der Waals surface area contributed by atoms with Crippen LogP contribution in [0, 0.1) is 5.92 Å². The van der Waals surface area contributed by atoms with E-state index in [1.807, 2.05) is 10.8 Å². The summed E-state index contributed by atoms with van der Waals surface area (Å²) in [6.45, 7) is 0. The zero-order chi connectivity index (χ0) is 11.8. The van der Waals surface area contributed by atoms with E-state index in [0.717, 1.165) is 22.4 Å². The molecule has 2 aliphatic rings. The number of nitrogens with one attached hydrogen (secondary N) is 1. The monoisotopic (exact) mass is 313 g/mol. The maximum Gasteiger partial charge on any atom is 0.181 e. The van der Waals surface area contributed by atoms with Crippen LogP contribution in [0.2, 0.25) is 0 Å². The predicted octanol–water partition coefficient (Wildman–Crippen LogP) is 3.61. The molecular weight excluding hydrogens is 298 g/mol. The number of fused-ring (bicyclic) bond motifs is 1. The molecule has 0 bridgehead atoms.